The van der Waals surface area contributed by atoms with E-state index in [-0.39, 0.29) is 0 Å². The molecule has 2 heterocycles. The first-order valence-electron chi connectivity index (χ1n) is 20.3. The highest BCUT2D eigenvalue weighted by molar-refractivity contribution is 7.03. The first kappa shape index (κ1) is 33.2. The van der Waals surface area contributed by atoms with Crippen LogP contribution in [0.5, 0.6) is 0 Å². The molecule has 58 heavy (non-hydrogen) atoms. The third-order valence-electron chi connectivity index (χ3n) is 13.0. The summed E-state index contributed by atoms with van der Waals surface area (Å²) in [5.74, 6) is 0. The molecule has 272 valence electrons. The zero-order valence-corrected chi connectivity index (χ0v) is 33.5. The molecule has 0 saturated carbocycles. The van der Waals surface area contributed by atoms with Crippen LogP contribution in [-0.2, 0) is 0 Å². The maximum absolute atomic E-state index is 2.49. The number of rotatable bonds is 4. The normalized spacial score (nSPS) is 13.1. The molecular weight excluding hydrogens is 715 g/mol. The molecule has 10 aromatic carbocycles. The van der Waals surface area contributed by atoms with Gasteiger partial charge in [-0.05, 0) is 118 Å². The van der Waals surface area contributed by atoms with Crippen molar-refractivity contribution in [1.82, 2.24) is 4.57 Å². The molecule has 0 bridgehead atoms. The molecule has 0 saturated heterocycles. The van der Waals surface area contributed by atoms with Crippen molar-refractivity contribution >= 4 is 72.6 Å². The molecule has 0 aliphatic carbocycles. The van der Waals surface area contributed by atoms with Gasteiger partial charge in [0.05, 0.1) is 11.0 Å². The number of hydrogen-bond acceptors (Lipinski definition) is 0. The molecule has 11 aromatic rings. The van der Waals surface area contributed by atoms with Crippen LogP contribution in [0.15, 0.2) is 200 Å². The van der Waals surface area contributed by atoms with E-state index in [1.807, 2.05) is 0 Å². The second-order valence-electron chi connectivity index (χ2n) is 16.5. The average molecular weight is 754 g/mol. The van der Waals surface area contributed by atoms with Gasteiger partial charge in [0.1, 0.15) is 8.07 Å². The monoisotopic (exact) mass is 753 g/mol. The molecule has 1 aromatic heterocycles. The minimum Gasteiger partial charge on any atom is -0.309 e. The number of nitrogens with zero attached hydrogens (tertiary/aromatic N) is 1. The van der Waals surface area contributed by atoms with Crippen LogP contribution in [0, 0.1) is 0 Å². The zero-order chi connectivity index (χ0) is 38.5. The van der Waals surface area contributed by atoms with Crippen molar-refractivity contribution in [1.29, 1.82) is 0 Å². The van der Waals surface area contributed by atoms with Crippen molar-refractivity contribution in [3.63, 3.8) is 0 Å². The Bertz CT molecular complexity index is 3420. The third-order valence-corrected chi connectivity index (χ3v) is 16.6. The lowest BCUT2D eigenvalue weighted by atomic mass is 9.92. The van der Waals surface area contributed by atoms with Gasteiger partial charge in [-0.25, -0.2) is 0 Å². The Morgan fingerprint density at radius 1 is 0.293 bits per heavy atom. The van der Waals surface area contributed by atoms with E-state index in [1.165, 1.54) is 110 Å². The van der Waals surface area contributed by atoms with Gasteiger partial charge in [-0.3, -0.25) is 0 Å². The molecule has 0 N–H and O–H groups in total. The van der Waals surface area contributed by atoms with Crippen molar-refractivity contribution in [3.8, 4) is 50.2 Å². The summed E-state index contributed by atoms with van der Waals surface area (Å²) in [5.41, 5.74) is 13.9. The fraction of sp³-hybridized carbons (Fsp3) is 0.0357. The van der Waals surface area contributed by atoms with Crippen LogP contribution in [0.25, 0.3) is 104 Å². The largest absolute Gasteiger partial charge is 0.309 e. The standard InChI is InChI=1S/C56H39NSi/c1-58(2)55-18-10-8-16-50(55)51-32-27-41(35-56(51)58)38-23-28-42(29-24-38)57-53-17-9-7-15-48(53)49-31-26-40(34-54(49)57)37-21-19-36(20-22-37)39-25-30-47-45-13-4-3-11-43(45)44-12-5-6-14-46(44)52(47)33-39/h3-35H,1-2H3. The highest BCUT2D eigenvalue weighted by atomic mass is 28.3. The van der Waals surface area contributed by atoms with E-state index in [0.29, 0.717) is 0 Å². The van der Waals surface area contributed by atoms with Crippen LogP contribution in [-0.4, -0.2) is 12.6 Å². The van der Waals surface area contributed by atoms with Crippen LogP contribution in [0.3, 0.4) is 0 Å². The Morgan fingerprint density at radius 2 is 0.724 bits per heavy atom. The van der Waals surface area contributed by atoms with Crippen molar-refractivity contribution in [2.24, 2.45) is 0 Å². The summed E-state index contributed by atoms with van der Waals surface area (Å²) >= 11 is 0. The molecule has 0 spiro atoms. The summed E-state index contributed by atoms with van der Waals surface area (Å²) in [6, 6.07) is 74.7. The molecule has 12 rings (SSSR count). The molecule has 1 aliphatic rings. The SMILES string of the molecule is C[Si]1(C)c2ccccc2-c2ccc(-c3ccc(-n4c5ccccc5c5ccc(-c6ccc(-c7ccc8c9ccccc9c9ccccc9c8c7)cc6)cc54)cc3)cc21. The van der Waals surface area contributed by atoms with Crippen LogP contribution in [0.2, 0.25) is 13.1 Å². The van der Waals surface area contributed by atoms with E-state index in [1.54, 1.807) is 5.19 Å². The van der Waals surface area contributed by atoms with Crippen LogP contribution in [0.1, 0.15) is 0 Å². The number of benzene rings is 10. The van der Waals surface area contributed by atoms with Crippen molar-refractivity contribution in [3.05, 3.63) is 200 Å². The van der Waals surface area contributed by atoms with E-state index in [9.17, 15) is 0 Å². The summed E-state index contributed by atoms with van der Waals surface area (Å²) in [7, 11) is -1.75. The van der Waals surface area contributed by atoms with Gasteiger partial charge in [-0.1, -0.05) is 183 Å². The zero-order valence-electron chi connectivity index (χ0n) is 32.5. The van der Waals surface area contributed by atoms with Gasteiger partial charge in [-0.2, -0.15) is 0 Å². The van der Waals surface area contributed by atoms with Gasteiger partial charge >= 0.3 is 0 Å². The minimum absolute atomic E-state index is 1.17. The van der Waals surface area contributed by atoms with Gasteiger partial charge in [0, 0.05) is 16.5 Å². The van der Waals surface area contributed by atoms with Gasteiger partial charge in [0.15, 0.2) is 0 Å². The lowest BCUT2D eigenvalue weighted by molar-refractivity contribution is 1.18. The van der Waals surface area contributed by atoms with E-state index in [4.69, 9.17) is 0 Å². The van der Waals surface area contributed by atoms with Crippen LogP contribution < -0.4 is 10.4 Å². The van der Waals surface area contributed by atoms with Gasteiger partial charge in [0.25, 0.3) is 0 Å². The quantitative estimate of drug-likeness (QED) is 0.125. The number of fused-ring (bicyclic) bond motifs is 12. The first-order chi connectivity index (χ1) is 28.5. The molecule has 1 aliphatic heterocycles. The number of aromatic nitrogens is 1. The van der Waals surface area contributed by atoms with E-state index >= 15 is 0 Å². The van der Waals surface area contributed by atoms with Crippen molar-refractivity contribution < 1.29 is 0 Å². The highest BCUT2D eigenvalue weighted by Crippen LogP contribution is 2.39. The molecule has 0 radical (unpaired) electrons. The van der Waals surface area contributed by atoms with Crippen LogP contribution >= 0.6 is 0 Å². The predicted octanol–water partition coefficient (Wildman–Crippen LogP) is 14.0. The molecule has 0 amide bonds. The Hall–Kier alpha value is -7.00. The summed E-state index contributed by atoms with van der Waals surface area (Å²) in [5, 5.41) is 13.4. The Labute approximate surface area is 339 Å². The van der Waals surface area contributed by atoms with Crippen molar-refractivity contribution in [2.75, 3.05) is 0 Å². The van der Waals surface area contributed by atoms with E-state index in [0.717, 1.165) is 0 Å². The minimum atomic E-state index is -1.75. The second kappa shape index (κ2) is 12.5. The van der Waals surface area contributed by atoms with Gasteiger partial charge in [-0.15, -0.1) is 0 Å². The highest BCUT2D eigenvalue weighted by Gasteiger charge is 2.37. The molecule has 0 atom stereocenters. The fourth-order valence-electron chi connectivity index (χ4n) is 10.1. The molecular formula is C56H39NSi. The van der Waals surface area contributed by atoms with Gasteiger partial charge in [0.2, 0.25) is 0 Å². The number of para-hydroxylation sites is 1. The fourth-order valence-corrected chi connectivity index (χ4v) is 13.2. The average Bonchev–Trinajstić information content (AvgIpc) is 3.74. The summed E-state index contributed by atoms with van der Waals surface area (Å²) in [6.45, 7) is 4.98. The first-order valence-corrected chi connectivity index (χ1v) is 23.3. The Morgan fingerprint density at radius 3 is 1.40 bits per heavy atom. The lowest BCUT2D eigenvalue weighted by Gasteiger charge is -2.19. The lowest BCUT2D eigenvalue weighted by Crippen LogP contribution is -2.49. The van der Waals surface area contributed by atoms with Crippen molar-refractivity contribution in [2.45, 2.75) is 13.1 Å². The smallest absolute Gasteiger partial charge is 0.113 e. The topological polar surface area (TPSA) is 4.93 Å². The third kappa shape index (κ3) is 4.89. The molecule has 2 heteroatoms. The van der Waals surface area contributed by atoms with E-state index in [2.05, 4.69) is 218 Å². The summed E-state index contributed by atoms with van der Waals surface area (Å²) in [6.07, 6.45) is 0. The maximum atomic E-state index is 2.49. The Kier molecular flexibility index (Phi) is 7.15. The predicted molar refractivity (Wildman–Crippen MR) is 252 cm³/mol. The van der Waals surface area contributed by atoms with E-state index < -0.39 is 8.07 Å². The molecule has 0 unspecified atom stereocenters. The molecule has 0 fully saturated rings. The summed E-state index contributed by atoms with van der Waals surface area (Å²) in [4.78, 5) is 0. The number of hydrogen-bond donors (Lipinski definition) is 0. The maximum Gasteiger partial charge on any atom is 0.113 e. The van der Waals surface area contributed by atoms with Gasteiger partial charge < -0.3 is 4.57 Å². The second-order valence-corrected chi connectivity index (χ2v) is 20.8. The molecule has 1 nitrogen and oxygen atoms in total. The van der Waals surface area contributed by atoms with Crippen LogP contribution in [0.4, 0.5) is 0 Å². The Balaban J connectivity index is 0.910. The summed E-state index contributed by atoms with van der Waals surface area (Å²) < 4.78 is 2.44.